The third-order valence-electron chi connectivity index (χ3n) is 3.44. The first-order valence-corrected chi connectivity index (χ1v) is 6.93. The van der Waals surface area contributed by atoms with E-state index in [1.54, 1.807) is 17.0 Å². The molecule has 1 fully saturated rings. The van der Waals surface area contributed by atoms with Crippen LogP contribution in [-0.4, -0.2) is 47.5 Å². The number of halogens is 1. The summed E-state index contributed by atoms with van der Waals surface area (Å²) >= 11 is 0. The predicted octanol–water partition coefficient (Wildman–Crippen LogP) is 0.882. The molecule has 1 aromatic carbocycles. The third-order valence-corrected chi connectivity index (χ3v) is 3.44. The van der Waals surface area contributed by atoms with Gasteiger partial charge in [-0.1, -0.05) is 5.16 Å². The van der Waals surface area contributed by atoms with Gasteiger partial charge in [0.15, 0.2) is 5.82 Å². The number of H-pyrrole nitrogens is 1. The Morgan fingerprint density at radius 3 is 2.87 bits per heavy atom. The molecule has 1 unspecified atom stereocenters. The fraction of sp³-hybridized carbons (Fsp3) is 0.357. The third kappa shape index (κ3) is 3.39. The zero-order valence-electron chi connectivity index (χ0n) is 12.0. The molecule has 1 aliphatic rings. The summed E-state index contributed by atoms with van der Waals surface area (Å²) < 4.78 is 26.7. The van der Waals surface area contributed by atoms with Gasteiger partial charge in [0.2, 0.25) is 6.86 Å². The number of carbonyl (C=O) groups is 1. The Hall–Kier alpha value is -2.68. The number of carbonyl (C=O) groups excluding carboxylic acids is 1. The largest absolute Gasteiger partial charge is 0.463 e. The topological polar surface area (TPSA) is 97.7 Å². The van der Waals surface area contributed by atoms with Gasteiger partial charge in [-0.15, -0.1) is 0 Å². The zero-order chi connectivity index (χ0) is 16.2. The van der Waals surface area contributed by atoms with Crippen molar-refractivity contribution in [2.45, 2.75) is 6.10 Å². The second-order valence-electron chi connectivity index (χ2n) is 4.87. The highest BCUT2D eigenvalue weighted by atomic mass is 19.1. The standard InChI is InChI=1S/C14H14FN3O5/c15-8-22-10-3-1-9(2-4-10)13(19)18-5-6-21-11(7-18)12-16-14(20)23-17-12/h1-4,11H,5-8H2,(H,16,17,20). The molecule has 0 bridgehead atoms. The van der Waals surface area contributed by atoms with E-state index < -0.39 is 18.7 Å². The lowest BCUT2D eigenvalue weighted by Crippen LogP contribution is -2.42. The maximum Gasteiger partial charge on any atom is 0.438 e. The summed E-state index contributed by atoms with van der Waals surface area (Å²) in [4.78, 5) is 27.5. The van der Waals surface area contributed by atoms with E-state index in [1.165, 1.54) is 12.1 Å². The lowest BCUT2D eigenvalue weighted by Gasteiger charge is -2.31. The van der Waals surface area contributed by atoms with Crippen molar-refractivity contribution in [3.63, 3.8) is 0 Å². The second kappa shape index (κ2) is 6.61. The number of rotatable bonds is 4. The smallest absolute Gasteiger partial charge is 0.438 e. The molecule has 1 amide bonds. The van der Waals surface area contributed by atoms with Crippen molar-refractivity contribution in [3.8, 4) is 5.75 Å². The monoisotopic (exact) mass is 323 g/mol. The van der Waals surface area contributed by atoms with E-state index in [4.69, 9.17) is 9.47 Å². The van der Waals surface area contributed by atoms with E-state index in [0.717, 1.165) is 0 Å². The molecule has 1 atom stereocenters. The van der Waals surface area contributed by atoms with Crippen LogP contribution < -0.4 is 10.5 Å². The molecular formula is C14H14FN3O5. The number of alkyl halides is 1. The fourth-order valence-electron chi connectivity index (χ4n) is 2.32. The van der Waals surface area contributed by atoms with Crippen molar-refractivity contribution < 1.29 is 23.2 Å². The van der Waals surface area contributed by atoms with E-state index in [-0.39, 0.29) is 18.3 Å². The van der Waals surface area contributed by atoms with E-state index in [9.17, 15) is 14.0 Å². The van der Waals surface area contributed by atoms with Gasteiger partial charge in [-0.05, 0) is 24.3 Å². The molecule has 0 radical (unpaired) electrons. The van der Waals surface area contributed by atoms with Crippen LogP contribution in [0.1, 0.15) is 22.3 Å². The Morgan fingerprint density at radius 2 is 2.22 bits per heavy atom. The van der Waals surface area contributed by atoms with Crippen molar-refractivity contribution in [1.82, 2.24) is 15.0 Å². The fourth-order valence-corrected chi connectivity index (χ4v) is 2.32. The minimum absolute atomic E-state index is 0.198. The molecule has 8 nitrogen and oxygen atoms in total. The van der Waals surface area contributed by atoms with Gasteiger partial charge in [0.25, 0.3) is 5.91 Å². The number of aromatic nitrogens is 2. The molecular weight excluding hydrogens is 309 g/mol. The first-order valence-electron chi connectivity index (χ1n) is 6.93. The number of aromatic amines is 1. The van der Waals surface area contributed by atoms with Crippen LogP contribution in [-0.2, 0) is 4.74 Å². The number of morpholine rings is 1. The summed E-state index contributed by atoms with van der Waals surface area (Å²) in [6.45, 7) is 0.0485. The molecule has 0 spiro atoms. The summed E-state index contributed by atoms with van der Waals surface area (Å²) in [5, 5.41) is 3.58. The Morgan fingerprint density at radius 1 is 1.43 bits per heavy atom. The predicted molar refractivity (Wildman–Crippen MR) is 74.8 cm³/mol. The van der Waals surface area contributed by atoms with Crippen LogP contribution in [0.4, 0.5) is 4.39 Å². The van der Waals surface area contributed by atoms with Crippen LogP contribution in [0, 0.1) is 0 Å². The van der Waals surface area contributed by atoms with E-state index in [0.29, 0.717) is 24.5 Å². The first-order chi connectivity index (χ1) is 11.2. The Labute approximate surface area is 129 Å². The molecule has 122 valence electrons. The van der Waals surface area contributed by atoms with E-state index in [2.05, 4.69) is 14.7 Å². The van der Waals surface area contributed by atoms with Crippen LogP contribution in [0.2, 0.25) is 0 Å². The molecule has 1 N–H and O–H groups in total. The summed E-state index contributed by atoms with van der Waals surface area (Å²) in [5.74, 6) is -0.269. The maximum absolute atomic E-state index is 12.5. The van der Waals surface area contributed by atoms with Crippen LogP contribution in [0.5, 0.6) is 5.75 Å². The lowest BCUT2D eigenvalue weighted by atomic mass is 10.1. The Kier molecular flexibility index (Phi) is 4.38. The normalized spacial score (nSPS) is 18.0. The number of benzene rings is 1. The molecule has 0 aliphatic carbocycles. The lowest BCUT2D eigenvalue weighted by molar-refractivity contribution is -0.0276. The van der Waals surface area contributed by atoms with Gasteiger partial charge >= 0.3 is 5.76 Å². The minimum Gasteiger partial charge on any atom is -0.463 e. The number of hydrogen-bond donors (Lipinski definition) is 1. The number of hydrogen-bond acceptors (Lipinski definition) is 6. The van der Waals surface area contributed by atoms with Gasteiger partial charge in [-0.25, -0.2) is 9.18 Å². The molecule has 1 aromatic heterocycles. The van der Waals surface area contributed by atoms with Crippen LogP contribution in [0.3, 0.4) is 0 Å². The van der Waals surface area contributed by atoms with Gasteiger partial charge in [0.05, 0.1) is 13.2 Å². The van der Waals surface area contributed by atoms with Gasteiger partial charge in [0, 0.05) is 12.1 Å². The maximum atomic E-state index is 12.5. The summed E-state index contributed by atoms with van der Waals surface area (Å²) in [6.07, 6.45) is -0.548. The molecule has 3 rings (SSSR count). The molecule has 2 aromatic rings. The van der Waals surface area contributed by atoms with Gasteiger partial charge in [0.1, 0.15) is 11.9 Å². The SMILES string of the molecule is O=C(c1ccc(OCF)cc1)N1CCOC(c2noc(=O)[nH]2)C1. The van der Waals surface area contributed by atoms with Gasteiger partial charge in [-0.3, -0.25) is 14.3 Å². The van der Waals surface area contributed by atoms with Crippen molar-refractivity contribution in [2.24, 2.45) is 0 Å². The highest BCUT2D eigenvalue weighted by Crippen LogP contribution is 2.21. The number of amides is 1. The zero-order valence-corrected chi connectivity index (χ0v) is 12.0. The molecule has 23 heavy (non-hydrogen) atoms. The Bertz CT molecular complexity index is 727. The van der Waals surface area contributed by atoms with Gasteiger partial charge < -0.3 is 14.4 Å². The summed E-state index contributed by atoms with van der Waals surface area (Å²) in [7, 11) is 0. The Balaban J connectivity index is 1.70. The van der Waals surface area contributed by atoms with Gasteiger partial charge in [-0.2, -0.15) is 0 Å². The van der Waals surface area contributed by atoms with Crippen molar-refractivity contribution in [1.29, 1.82) is 0 Å². The van der Waals surface area contributed by atoms with Crippen molar-refractivity contribution in [2.75, 3.05) is 26.6 Å². The van der Waals surface area contributed by atoms with Crippen molar-refractivity contribution >= 4 is 5.91 Å². The summed E-state index contributed by atoms with van der Waals surface area (Å²) in [5.41, 5.74) is 0.450. The molecule has 0 saturated carbocycles. The molecule has 9 heteroatoms. The minimum atomic E-state index is -0.922. The van der Waals surface area contributed by atoms with Crippen molar-refractivity contribution in [3.05, 3.63) is 46.2 Å². The van der Waals surface area contributed by atoms with E-state index >= 15 is 0 Å². The number of nitrogens with one attached hydrogen (secondary N) is 1. The number of nitrogens with zero attached hydrogens (tertiary/aromatic N) is 2. The van der Waals surface area contributed by atoms with Crippen LogP contribution in [0.25, 0.3) is 0 Å². The average molecular weight is 323 g/mol. The average Bonchev–Trinajstić information content (AvgIpc) is 3.02. The molecule has 2 heterocycles. The quantitative estimate of drug-likeness (QED) is 0.897. The highest BCUT2D eigenvalue weighted by Gasteiger charge is 2.28. The molecule has 1 saturated heterocycles. The first kappa shape index (κ1) is 15.2. The van der Waals surface area contributed by atoms with Crippen LogP contribution >= 0.6 is 0 Å². The van der Waals surface area contributed by atoms with E-state index in [1.807, 2.05) is 0 Å². The highest BCUT2D eigenvalue weighted by molar-refractivity contribution is 5.94. The molecule has 1 aliphatic heterocycles. The second-order valence-corrected chi connectivity index (χ2v) is 4.87. The van der Waals surface area contributed by atoms with Crippen LogP contribution in [0.15, 0.2) is 33.6 Å². The summed E-state index contributed by atoms with van der Waals surface area (Å²) in [6, 6.07) is 6.19. The number of ether oxygens (including phenoxy) is 2.